The summed E-state index contributed by atoms with van der Waals surface area (Å²) in [5.41, 5.74) is 3.40. The van der Waals surface area contributed by atoms with Crippen molar-refractivity contribution in [2.75, 3.05) is 41.9 Å². The molecular formula is C21H35N3O. The molecule has 2 rings (SSSR count). The Morgan fingerprint density at radius 2 is 1.88 bits per heavy atom. The summed E-state index contributed by atoms with van der Waals surface area (Å²) < 4.78 is 0. The first-order chi connectivity index (χ1) is 12.0. The van der Waals surface area contributed by atoms with Gasteiger partial charge in [0, 0.05) is 38.9 Å². The number of hydrogen-bond acceptors (Lipinski definition) is 3. The average Bonchev–Trinajstić information content (AvgIpc) is 2.62. The van der Waals surface area contributed by atoms with Gasteiger partial charge in [-0.15, -0.1) is 0 Å². The predicted octanol–water partition coefficient (Wildman–Crippen LogP) is 4.53. The van der Waals surface area contributed by atoms with E-state index in [1.165, 1.54) is 24.9 Å². The highest BCUT2D eigenvalue weighted by Gasteiger charge is 2.21. The number of anilines is 3. The molecular weight excluding hydrogens is 310 g/mol. The molecule has 1 amide bonds. The molecule has 4 heteroatoms. The maximum Gasteiger partial charge on any atom is 0.214 e. The highest BCUT2D eigenvalue weighted by molar-refractivity contribution is 5.86. The molecule has 0 aliphatic carbocycles. The lowest BCUT2D eigenvalue weighted by Gasteiger charge is -2.35. The van der Waals surface area contributed by atoms with Crippen LogP contribution in [0, 0.1) is 5.92 Å². The first-order valence-corrected chi connectivity index (χ1v) is 9.81. The topological polar surface area (TPSA) is 26.8 Å². The molecule has 1 unspecified atom stereocenters. The molecule has 25 heavy (non-hydrogen) atoms. The van der Waals surface area contributed by atoms with Gasteiger partial charge in [0.1, 0.15) is 0 Å². The van der Waals surface area contributed by atoms with Crippen molar-refractivity contribution in [1.82, 2.24) is 0 Å². The Morgan fingerprint density at radius 1 is 1.20 bits per heavy atom. The number of hydrogen-bond donors (Lipinski definition) is 0. The van der Waals surface area contributed by atoms with Crippen LogP contribution in [0.1, 0.15) is 52.9 Å². The lowest BCUT2D eigenvalue weighted by Crippen LogP contribution is -2.34. The van der Waals surface area contributed by atoms with Crippen LogP contribution in [0.2, 0.25) is 0 Å². The molecule has 0 aromatic heterocycles. The zero-order valence-electron chi connectivity index (χ0n) is 16.7. The molecule has 1 heterocycles. The molecule has 0 spiro atoms. The van der Waals surface area contributed by atoms with Gasteiger partial charge < -0.3 is 14.7 Å². The summed E-state index contributed by atoms with van der Waals surface area (Å²) in [4.78, 5) is 18.2. The molecule has 0 saturated carbocycles. The van der Waals surface area contributed by atoms with Crippen LogP contribution >= 0.6 is 0 Å². The van der Waals surface area contributed by atoms with E-state index in [0.717, 1.165) is 49.6 Å². The molecule has 1 saturated heterocycles. The van der Waals surface area contributed by atoms with E-state index in [1.54, 1.807) is 0 Å². The molecule has 4 nitrogen and oxygen atoms in total. The van der Waals surface area contributed by atoms with E-state index in [2.05, 4.69) is 62.9 Å². The van der Waals surface area contributed by atoms with Crippen molar-refractivity contribution in [2.45, 2.75) is 58.9 Å². The van der Waals surface area contributed by atoms with Gasteiger partial charge in [0.25, 0.3) is 0 Å². The predicted molar refractivity (Wildman–Crippen MR) is 109 cm³/mol. The first-order valence-electron chi connectivity index (χ1n) is 9.81. The van der Waals surface area contributed by atoms with E-state index >= 15 is 0 Å². The van der Waals surface area contributed by atoms with Crippen molar-refractivity contribution in [1.29, 1.82) is 0 Å². The quantitative estimate of drug-likeness (QED) is 0.648. The molecule has 1 aromatic rings. The van der Waals surface area contributed by atoms with Crippen LogP contribution in [0.5, 0.6) is 0 Å². The van der Waals surface area contributed by atoms with Crippen molar-refractivity contribution in [3.05, 3.63) is 18.2 Å². The Hall–Kier alpha value is -1.71. The maximum absolute atomic E-state index is 11.7. The number of amides is 1. The van der Waals surface area contributed by atoms with E-state index in [1.807, 2.05) is 4.90 Å². The largest absolute Gasteiger partial charge is 0.376 e. The van der Waals surface area contributed by atoms with Crippen molar-refractivity contribution in [3.8, 4) is 0 Å². The Bertz CT molecular complexity index is 550. The smallest absolute Gasteiger partial charge is 0.214 e. The van der Waals surface area contributed by atoms with Crippen LogP contribution in [-0.2, 0) is 4.79 Å². The lowest BCUT2D eigenvalue weighted by molar-refractivity contribution is -0.107. The number of carbonyl (C=O) groups is 1. The molecule has 1 aliphatic heterocycles. The van der Waals surface area contributed by atoms with Crippen molar-refractivity contribution < 1.29 is 4.79 Å². The van der Waals surface area contributed by atoms with E-state index in [-0.39, 0.29) is 6.04 Å². The summed E-state index contributed by atoms with van der Waals surface area (Å²) >= 11 is 0. The summed E-state index contributed by atoms with van der Waals surface area (Å²) in [5.74, 6) is 0.879. The van der Waals surface area contributed by atoms with E-state index in [4.69, 9.17) is 0 Å². The number of nitrogens with zero attached hydrogens (tertiary/aromatic N) is 3. The first kappa shape index (κ1) is 19.6. The van der Waals surface area contributed by atoms with Crippen LogP contribution in [0.3, 0.4) is 0 Å². The third-order valence-electron chi connectivity index (χ3n) is 5.57. The number of piperidine rings is 1. The minimum absolute atomic E-state index is 0.215. The highest BCUT2D eigenvalue weighted by Crippen LogP contribution is 2.35. The molecule has 1 aromatic carbocycles. The summed E-state index contributed by atoms with van der Waals surface area (Å²) in [7, 11) is 4.11. The standard InChI is InChI=1S/C21H35N3O/c1-6-8-17(3)24(16-25)20-10-9-19(15-21(20)22(4)5)23-13-11-18(7-2)12-14-23/h9-10,15-18H,6-8,11-14H2,1-5H3. The molecule has 0 radical (unpaired) electrons. The summed E-state index contributed by atoms with van der Waals surface area (Å²) in [6.45, 7) is 8.85. The number of carbonyl (C=O) groups excluding carboxylic acids is 1. The van der Waals surface area contributed by atoms with Gasteiger partial charge >= 0.3 is 0 Å². The Labute approximate surface area is 153 Å². The zero-order valence-corrected chi connectivity index (χ0v) is 16.7. The van der Waals surface area contributed by atoms with Gasteiger partial charge in [0.05, 0.1) is 11.4 Å². The molecule has 0 N–H and O–H groups in total. The fourth-order valence-electron chi connectivity index (χ4n) is 3.84. The highest BCUT2D eigenvalue weighted by atomic mass is 16.1. The molecule has 140 valence electrons. The minimum Gasteiger partial charge on any atom is -0.376 e. The van der Waals surface area contributed by atoms with Gasteiger partial charge in [-0.05, 0) is 50.3 Å². The molecule has 1 atom stereocenters. The SMILES string of the molecule is CCCC(C)N(C=O)c1ccc(N2CCC(CC)CC2)cc1N(C)C. The third-order valence-corrected chi connectivity index (χ3v) is 5.57. The minimum atomic E-state index is 0.215. The van der Waals surface area contributed by atoms with Gasteiger partial charge in [0.15, 0.2) is 0 Å². The summed E-state index contributed by atoms with van der Waals surface area (Å²) in [6.07, 6.45) is 6.92. The summed E-state index contributed by atoms with van der Waals surface area (Å²) in [5, 5.41) is 0. The van der Waals surface area contributed by atoms with Crippen molar-refractivity contribution in [2.24, 2.45) is 5.92 Å². The fraction of sp³-hybridized carbons (Fsp3) is 0.667. The third kappa shape index (κ3) is 4.68. The Morgan fingerprint density at radius 3 is 2.40 bits per heavy atom. The van der Waals surface area contributed by atoms with E-state index < -0.39 is 0 Å². The molecule has 1 fully saturated rings. The van der Waals surface area contributed by atoms with E-state index in [9.17, 15) is 4.79 Å². The lowest BCUT2D eigenvalue weighted by atomic mass is 9.94. The van der Waals surface area contributed by atoms with E-state index in [0.29, 0.717) is 0 Å². The maximum atomic E-state index is 11.7. The molecule has 1 aliphatic rings. The molecule has 0 bridgehead atoms. The van der Waals surface area contributed by atoms with Gasteiger partial charge in [0.2, 0.25) is 6.41 Å². The Balaban J connectivity index is 2.26. The van der Waals surface area contributed by atoms with Crippen molar-refractivity contribution in [3.63, 3.8) is 0 Å². The zero-order chi connectivity index (χ0) is 18.4. The normalized spacial score (nSPS) is 16.6. The van der Waals surface area contributed by atoms with Crippen LogP contribution in [0.15, 0.2) is 18.2 Å². The van der Waals surface area contributed by atoms with Crippen LogP contribution < -0.4 is 14.7 Å². The van der Waals surface area contributed by atoms with Crippen LogP contribution in [-0.4, -0.2) is 39.6 Å². The second kappa shape index (κ2) is 9.12. The number of rotatable bonds is 8. The van der Waals surface area contributed by atoms with Crippen LogP contribution in [0.25, 0.3) is 0 Å². The average molecular weight is 346 g/mol. The van der Waals surface area contributed by atoms with Crippen molar-refractivity contribution >= 4 is 23.5 Å². The Kier molecular flexibility index (Phi) is 7.15. The van der Waals surface area contributed by atoms with Gasteiger partial charge in [-0.1, -0.05) is 26.7 Å². The number of benzene rings is 1. The van der Waals surface area contributed by atoms with Gasteiger partial charge in [-0.25, -0.2) is 0 Å². The fourth-order valence-corrected chi connectivity index (χ4v) is 3.84. The monoisotopic (exact) mass is 345 g/mol. The summed E-state index contributed by atoms with van der Waals surface area (Å²) in [6, 6.07) is 6.77. The second-order valence-electron chi connectivity index (χ2n) is 7.56. The van der Waals surface area contributed by atoms with Gasteiger partial charge in [-0.3, -0.25) is 4.79 Å². The van der Waals surface area contributed by atoms with Crippen LogP contribution in [0.4, 0.5) is 17.1 Å². The van der Waals surface area contributed by atoms with Gasteiger partial charge in [-0.2, -0.15) is 0 Å². The second-order valence-corrected chi connectivity index (χ2v) is 7.56.